The van der Waals surface area contributed by atoms with Crippen LogP contribution >= 0.6 is 0 Å². The monoisotopic (exact) mass is 219 g/mol. The average molecular weight is 219 g/mol. The Morgan fingerprint density at radius 2 is 2.00 bits per heavy atom. The van der Waals surface area contributed by atoms with Crippen molar-refractivity contribution in [3.63, 3.8) is 0 Å². The van der Waals surface area contributed by atoms with Gasteiger partial charge in [0.25, 0.3) is 0 Å². The maximum atomic E-state index is 10.1. The van der Waals surface area contributed by atoms with Crippen molar-refractivity contribution in [2.24, 2.45) is 0 Å². The molecule has 0 aliphatic carbocycles. The Bertz CT molecular complexity index is 482. The van der Waals surface area contributed by atoms with Crippen molar-refractivity contribution >= 4 is 11.0 Å². The smallest absolute Gasteiger partial charge is 0.134 e. The molecule has 0 bridgehead atoms. The van der Waals surface area contributed by atoms with Crippen LogP contribution < -0.4 is 5.32 Å². The van der Waals surface area contributed by atoms with Gasteiger partial charge in [-0.2, -0.15) is 0 Å². The fourth-order valence-electron chi connectivity index (χ4n) is 2.11. The van der Waals surface area contributed by atoms with E-state index in [1.54, 1.807) is 20.1 Å². The maximum absolute atomic E-state index is 10.1. The van der Waals surface area contributed by atoms with Crippen LogP contribution in [0.3, 0.4) is 0 Å². The minimum absolute atomic E-state index is 0.142. The summed E-state index contributed by atoms with van der Waals surface area (Å²) in [6.45, 7) is 3.58. The molecule has 86 valence electrons. The van der Waals surface area contributed by atoms with Gasteiger partial charge >= 0.3 is 0 Å². The zero-order valence-corrected chi connectivity index (χ0v) is 9.82. The lowest BCUT2D eigenvalue weighted by Gasteiger charge is -2.28. The molecule has 1 atom stereocenters. The third kappa shape index (κ3) is 1.84. The lowest BCUT2D eigenvalue weighted by atomic mass is 9.92. The number of nitrogens with one attached hydrogen (secondary N) is 1. The van der Waals surface area contributed by atoms with E-state index in [-0.39, 0.29) is 6.04 Å². The topological polar surface area (TPSA) is 45.4 Å². The van der Waals surface area contributed by atoms with E-state index in [1.165, 1.54) is 0 Å². The van der Waals surface area contributed by atoms with Crippen LogP contribution in [0.5, 0.6) is 0 Å². The summed E-state index contributed by atoms with van der Waals surface area (Å²) in [6.07, 6.45) is 1.71. The molecule has 2 aromatic rings. The van der Waals surface area contributed by atoms with Gasteiger partial charge in [0.2, 0.25) is 0 Å². The summed E-state index contributed by atoms with van der Waals surface area (Å²) in [6, 6.07) is 7.70. The first-order chi connectivity index (χ1) is 7.54. The summed E-state index contributed by atoms with van der Waals surface area (Å²) in [5, 5.41) is 14.3. The van der Waals surface area contributed by atoms with Crippen LogP contribution in [0.15, 0.2) is 34.9 Å². The highest BCUT2D eigenvalue weighted by molar-refractivity contribution is 5.81. The van der Waals surface area contributed by atoms with Crippen LogP contribution in [-0.2, 0) is 0 Å². The first kappa shape index (κ1) is 11.2. The predicted octanol–water partition coefficient (Wildman–Crippen LogP) is 2.46. The predicted molar refractivity (Wildman–Crippen MR) is 64.3 cm³/mol. The Morgan fingerprint density at radius 3 is 2.62 bits per heavy atom. The number of rotatable bonds is 3. The molecule has 1 aromatic carbocycles. The Morgan fingerprint density at radius 1 is 1.31 bits per heavy atom. The van der Waals surface area contributed by atoms with E-state index in [9.17, 15) is 5.11 Å². The van der Waals surface area contributed by atoms with Crippen LogP contribution in [0.1, 0.15) is 25.5 Å². The molecule has 1 heterocycles. The normalized spacial score (nSPS) is 14.2. The average Bonchev–Trinajstić information content (AvgIpc) is 2.61. The van der Waals surface area contributed by atoms with Gasteiger partial charge in [-0.1, -0.05) is 18.2 Å². The van der Waals surface area contributed by atoms with E-state index in [0.29, 0.717) is 0 Å². The van der Waals surface area contributed by atoms with E-state index in [4.69, 9.17) is 4.42 Å². The van der Waals surface area contributed by atoms with Gasteiger partial charge in [-0.15, -0.1) is 0 Å². The number of aliphatic hydroxyl groups is 1. The molecule has 0 saturated heterocycles. The molecule has 1 unspecified atom stereocenters. The van der Waals surface area contributed by atoms with Crippen molar-refractivity contribution in [2.75, 3.05) is 7.05 Å². The van der Waals surface area contributed by atoms with E-state index >= 15 is 0 Å². The SMILES string of the molecule is CNC(c1coc2ccccc12)C(C)(C)O. The molecule has 16 heavy (non-hydrogen) atoms. The van der Waals surface area contributed by atoms with Gasteiger partial charge in [0, 0.05) is 10.9 Å². The van der Waals surface area contributed by atoms with Gasteiger partial charge in [0.1, 0.15) is 5.58 Å². The number of likely N-dealkylation sites (N-methyl/N-ethyl adjacent to an activating group) is 1. The molecule has 2 N–H and O–H groups in total. The summed E-state index contributed by atoms with van der Waals surface area (Å²) < 4.78 is 5.48. The summed E-state index contributed by atoms with van der Waals surface area (Å²) in [5.74, 6) is 0. The summed E-state index contributed by atoms with van der Waals surface area (Å²) in [5.41, 5.74) is 1.01. The quantitative estimate of drug-likeness (QED) is 0.833. The van der Waals surface area contributed by atoms with Crippen LogP contribution in [0.25, 0.3) is 11.0 Å². The Balaban J connectivity index is 2.54. The largest absolute Gasteiger partial charge is 0.464 e. The van der Waals surface area contributed by atoms with Gasteiger partial charge in [0.15, 0.2) is 0 Å². The number of hydrogen-bond donors (Lipinski definition) is 2. The summed E-state index contributed by atoms with van der Waals surface area (Å²) in [4.78, 5) is 0. The van der Waals surface area contributed by atoms with Crippen LogP contribution in [0.4, 0.5) is 0 Å². The third-order valence-corrected chi connectivity index (χ3v) is 2.82. The Kier molecular flexibility index (Phi) is 2.74. The second-order valence-corrected chi connectivity index (χ2v) is 4.56. The van der Waals surface area contributed by atoms with Gasteiger partial charge in [-0.25, -0.2) is 0 Å². The number of hydrogen-bond acceptors (Lipinski definition) is 3. The highest BCUT2D eigenvalue weighted by atomic mass is 16.3. The molecular weight excluding hydrogens is 202 g/mol. The van der Waals surface area contributed by atoms with Gasteiger partial charge < -0.3 is 14.8 Å². The first-order valence-electron chi connectivity index (χ1n) is 5.40. The minimum Gasteiger partial charge on any atom is -0.464 e. The zero-order valence-electron chi connectivity index (χ0n) is 9.82. The van der Waals surface area contributed by atoms with E-state index < -0.39 is 5.60 Å². The highest BCUT2D eigenvalue weighted by Gasteiger charge is 2.29. The Hall–Kier alpha value is -1.32. The van der Waals surface area contributed by atoms with Crippen molar-refractivity contribution in [1.82, 2.24) is 5.32 Å². The molecule has 0 saturated carbocycles. The fourth-order valence-corrected chi connectivity index (χ4v) is 2.11. The maximum Gasteiger partial charge on any atom is 0.134 e. The van der Waals surface area contributed by atoms with E-state index in [0.717, 1.165) is 16.5 Å². The van der Waals surface area contributed by atoms with E-state index in [2.05, 4.69) is 5.32 Å². The molecule has 0 spiro atoms. The molecule has 0 radical (unpaired) electrons. The van der Waals surface area contributed by atoms with Crippen molar-refractivity contribution < 1.29 is 9.52 Å². The van der Waals surface area contributed by atoms with Gasteiger partial charge in [-0.3, -0.25) is 0 Å². The molecule has 2 rings (SSSR count). The molecule has 3 heteroatoms. The highest BCUT2D eigenvalue weighted by Crippen LogP contribution is 2.32. The second-order valence-electron chi connectivity index (χ2n) is 4.56. The molecule has 0 amide bonds. The number of benzene rings is 1. The van der Waals surface area contributed by atoms with Crippen LogP contribution in [-0.4, -0.2) is 17.8 Å². The molecule has 1 aromatic heterocycles. The first-order valence-corrected chi connectivity index (χ1v) is 5.40. The van der Waals surface area contributed by atoms with Gasteiger partial charge in [0.05, 0.1) is 17.9 Å². The van der Waals surface area contributed by atoms with Gasteiger partial charge in [-0.05, 0) is 27.0 Å². The number of para-hydroxylation sites is 1. The molecule has 0 aliphatic rings. The van der Waals surface area contributed by atoms with Crippen LogP contribution in [0.2, 0.25) is 0 Å². The van der Waals surface area contributed by atoms with E-state index in [1.807, 2.05) is 31.3 Å². The fraction of sp³-hybridized carbons (Fsp3) is 0.385. The van der Waals surface area contributed by atoms with Crippen molar-refractivity contribution in [3.05, 3.63) is 36.1 Å². The second kappa shape index (κ2) is 3.92. The van der Waals surface area contributed by atoms with Crippen molar-refractivity contribution in [3.8, 4) is 0 Å². The molecular formula is C13H17NO2. The summed E-state index contributed by atoms with van der Waals surface area (Å²) in [7, 11) is 1.84. The summed E-state index contributed by atoms with van der Waals surface area (Å²) >= 11 is 0. The number of furan rings is 1. The minimum atomic E-state index is -0.832. The standard InChI is InChI=1S/C13H17NO2/c1-13(2,15)12(14-3)10-8-16-11-7-5-4-6-9(10)11/h4-8,12,14-15H,1-3H3. The Labute approximate surface area is 95.1 Å². The lowest BCUT2D eigenvalue weighted by Crippen LogP contribution is -2.37. The molecule has 0 fully saturated rings. The molecule has 3 nitrogen and oxygen atoms in total. The zero-order chi connectivity index (χ0) is 11.8. The molecule has 0 aliphatic heterocycles. The number of fused-ring (bicyclic) bond motifs is 1. The van der Waals surface area contributed by atoms with Crippen molar-refractivity contribution in [2.45, 2.75) is 25.5 Å². The lowest BCUT2D eigenvalue weighted by molar-refractivity contribution is 0.0402. The van der Waals surface area contributed by atoms with Crippen LogP contribution in [0, 0.1) is 0 Å². The van der Waals surface area contributed by atoms with Crippen molar-refractivity contribution in [1.29, 1.82) is 0 Å². The third-order valence-electron chi connectivity index (χ3n) is 2.82.